The van der Waals surface area contributed by atoms with Crippen molar-refractivity contribution in [3.63, 3.8) is 0 Å². The minimum absolute atomic E-state index is 0.297. The topological polar surface area (TPSA) is 48.1 Å². The van der Waals surface area contributed by atoms with E-state index in [2.05, 4.69) is 27.2 Å². The zero-order chi connectivity index (χ0) is 17.9. The summed E-state index contributed by atoms with van der Waals surface area (Å²) in [4.78, 5) is 19.5. The first-order chi connectivity index (χ1) is 12.7. The lowest BCUT2D eigenvalue weighted by molar-refractivity contribution is -0.132. The number of nitrogens with zero attached hydrogens (tertiary/aromatic N) is 3. The van der Waals surface area contributed by atoms with Crippen LogP contribution in [0.5, 0.6) is 5.75 Å². The molecular weight excluding hydrogens is 328 g/mol. The minimum atomic E-state index is 0.297. The molecule has 3 saturated heterocycles. The highest BCUT2D eigenvalue weighted by molar-refractivity contribution is 5.78. The summed E-state index contributed by atoms with van der Waals surface area (Å²) >= 11 is 0. The van der Waals surface area contributed by atoms with E-state index in [1.165, 1.54) is 12.1 Å². The number of piperidine rings is 1. The van der Waals surface area contributed by atoms with Crippen LogP contribution < -0.4 is 15.0 Å². The van der Waals surface area contributed by atoms with Gasteiger partial charge >= 0.3 is 0 Å². The van der Waals surface area contributed by atoms with Gasteiger partial charge in [0.1, 0.15) is 5.75 Å². The standard InChI is InChI=1S/C20H30N4O2/c1-26-19-4-2-18(3-5-19)23-8-10-24(11-9-23)20(25)15-22-13-16-6-7-21-12-17(16)14-22/h2-5,16-17,21H,6-15H2,1H3/t16-,17+/m0/s1. The van der Waals surface area contributed by atoms with Crippen LogP contribution in [0.2, 0.25) is 0 Å². The summed E-state index contributed by atoms with van der Waals surface area (Å²) in [5.41, 5.74) is 1.20. The molecule has 1 aromatic rings. The summed E-state index contributed by atoms with van der Waals surface area (Å²) in [7, 11) is 1.69. The number of piperazine rings is 1. The lowest BCUT2D eigenvalue weighted by Crippen LogP contribution is -2.51. The highest BCUT2D eigenvalue weighted by atomic mass is 16.5. The van der Waals surface area contributed by atoms with Crippen molar-refractivity contribution >= 4 is 11.6 Å². The van der Waals surface area contributed by atoms with Crippen molar-refractivity contribution in [2.75, 3.05) is 70.9 Å². The van der Waals surface area contributed by atoms with Crippen molar-refractivity contribution in [2.24, 2.45) is 11.8 Å². The number of benzene rings is 1. The molecule has 6 nitrogen and oxygen atoms in total. The van der Waals surface area contributed by atoms with Crippen molar-refractivity contribution in [2.45, 2.75) is 6.42 Å². The minimum Gasteiger partial charge on any atom is -0.497 e. The number of nitrogens with one attached hydrogen (secondary N) is 1. The molecule has 0 radical (unpaired) electrons. The predicted molar refractivity (Wildman–Crippen MR) is 103 cm³/mol. The first-order valence-corrected chi connectivity index (χ1v) is 9.83. The number of fused-ring (bicyclic) bond motifs is 1. The van der Waals surface area contributed by atoms with E-state index in [0.29, 0.717) is 12.5 Å². The Morgan fingerprint density at radius 3 is 2.54 bits per heavy atom. The number of hydrogen-bond acceptors (Lipinski definition) is 5. The van der Waals surface area contributed by atoms with E-state index >= 15 is 0 Å². The number of carbonyl (C=O) groups is 1. The Morgan fingerprint density at radius 2 is 1.85 bits per heavy atom. The van der Waals surface area contributed by atoms with Gasteiger partial charge in [0.2, 0.25) is 5.91 Å². The molecule has 0 spiro atoms. The molecule has 3 aliphatic rings. The number of anilines is 1. The van der Waals surface area contributed by atoms with Crippen molar-refractivity contribution in [3.8, 4) is 5.75 Å². The van der Waals surface area contributed by atoms with Crippen LogP contribution >= 0.6 is 0 Å². The fraction of sp³-hybridized carbons (Fsp3) is 0.650. The normalized spacial score (nSPS) is 26.7. The Morgan fingerprint density at radius 1 is 1.12 bits per heavy atom. The second-order valence-corrected chi connectivity index (χ2v) is 7.77. The van der Waals surface area contributed by atoms with Crippen molar-refractivity contribution in [1.29, 1.82) is 0 Å². The summed E-state index contributed by atoms with van der Waals surface area (Å²) in [5.74, 6) is 2.70. The van der Waals surface area contributed by atoms with Gasteiger partial charge in [-0.05, 0) is 55.6 Å². The molecule has 3 heterocycles. The monoisotopic (exact) mass is 358 g/mol. The maximum Gasteiger partial charge on any atom is 0.236 e. The van der Waals surface area contributed by atoms with Crippen LogP contribution in [0.25, 0.3) is 0 Å². The maximum absolute atomic E-state index is 12.7. The molecular formula is C20H30N4O2. The lowest BCUT2D eigenvalue weighted by Gasteiger charge is -2.36. The highest BCUT2D eigenvalue weighted by Gasteiger charge is 2.35. The predicted octanol–water partition coefficient (Wildman–Crippen LogP) is 0.885. The molecule has 26 heavy (non-hydrogen) atoms. The lowest BCUT2D eigenvalue weighted by atomic mass is 9.90. The zero-order valence-electron chi connectivity index (χ0n) is 15.7. The van der Waals surface area contributed by atoms with E-state index in [1.807, 2.05) is 17.0 Å². The van der Waals surface area contributed by atoms with Crippen LogP contribution in [0.4, 0.5) is 5.69 Å². The summed E-state index contributed by atoms with van der Waals surface area (Å²) in [6, 6.07) is 8.18. The second-order valence-electron chi connectivity index (χ2n) is 7.77. The fourth-order valence-corrected chi connectivity index (χ4v) is 4.60. The van der Waals surface area contributed by atoms with E-state index in [9.17, 15) is 4.79 Å². The number of amides is 1. The number of rotatable bonds is 4. The SMILES string of the molecule is COc1ccc(N2CCN(C(=O)CN3C[C@H]4CNCC[C@H]4C3)CC2)cc1. The second kappa shape index (κ2) is 7.84. The molecule has 1 N–H and O–H groups in total. The number of ether oxygens (including phenoxy) is 1. The molecule has 0 unspecified atom stereocenters. The van der Waals surface area contributed by atoms with Gasteiger partial charge in [0.05, 0.1) is 13.7 Å². The average molecular weight is 358 g/mol. The largest absolute Gasteiger partial charge is 0.497 e. The van der Waals surface area contributed by atoms with E-state index in [0.717, 1.165) is 69.9 Å². The Bertz CT molecular complexity index is 599. The molecule has 4 rings (SSSR count). The van der Waals surface area contributed by atoms with E-state index in [4.69, 9.17) is 4.74 Å². The van der Waals surface area contributed by atoms with Gasteiger partial charge in [-0.2, -0.15) is 0 Å². The highest BCUT2D eigenvalue weighted by Crippen LogP contribution is 2.28. The molecule has 3 fully saturated rings. The van der Waals surface area contributed by atoms with Gasteiger partial charge in [-0.15, -0.1) is 0 Å². The van der Waals surface area contributed by atoms with E-state index in [1.54, 1.807) is 7.11 Å². The number of hydrogen-bond donors (Lipinski definition) is 1. The van der Waals surface area contributed by atoms with Crippen LogP contribution in [0.3, 0.4) is 0 Å². The van der Waals surface area contributed by atoms with Crippen LogP contribution in [0.15, 0.2) is 24.3 Å². The van der Waals surface area contributed by atoms with Gasteiger partial charge < -0.3 is 19.9 Å². The smallest absolute Gasteiger partial charge is 0.236 e. The summed E-state index contributed by atoms with van der Waals surface area (Å²) in [6.07, 6.45) is 1.26. The quantitative estimate of drug-likeness (QED) is 0.866. The maximum atomic E-state index is 12.7. The molecule has 1 aromatic carbocycles. The first-order valence-electron chi connectivity index (χ1n) is 9.83. The molecule has 0 aromatic heterocycles. The van der Waals surface area contributed by atoms with Crippen molar-refractivity contribution < 1.29 is 9.53 Å². The third kappa shape index (κ3) is 3.81. The third-order valence-corrected chi connectivity index (χ3v) is 6.18. The van der Waals surface area contributed by atoms with Gasteiger partial charge in [-0.1, -0.05) is 0 Å². The number of methoxy groups -OCH3 is 1. The molecule has 142 valence electrons. The van der Waals surface area contributed by atoms with Gasteiger partial charge in [-0.3, -0.25) is 9.69 Å². The van der Waals surface area contributed by atoms with E-state index in [-0.39, 0.29) is 0 Å². The summed E-state index contributed by atoms with van der Waals surface area (Å²) < 4.78 is 5.22. The van der Waals surface area contributed by atoms with Crippen LogP contribution in [-0.4, -0.2) is 81.7 Å². The summed E-state index contributed by atoms with van der Waals surface area (Å²) in [6.45, 7) is 8.45. The van der Waals surface area contributed by atoms with Gasteiger partial charge in [0.15, 0.2) is 0 Å². The van der Waals surface area contributed by atoms with Crippen molar-refractivity contribution in [1.82, 2.24) is 15.1 Å². The molecule has 0 bridgehead atoms. The Hall–Kier alpha value is -1.79. The molecule has 3 aliphatic heterocycles. The van der Waals surface area contributed by atoms with Gasteiger partial charge in [0.25, 0.3) is 0 Å². The number of carbonyl (C=O) groups excluding carboxylic acids is 1. The Labute approximate surface area is 156 Å². The fourth-order valence-electron chi connectivity index (χ4n) is 4.60. The third-order valence-electron chi connectivity index (χ3n) is 6.18. The first kappa shape index (κ1) is 17.6. The van der Waals surface area contributed by atoms with Gasteiger partial charge in [0, 0.05) is 45.0 Å². The zero-order valence-corrected chi connectivity index (χ0v) is 15.7. The Balaban J connectivity index is 1.25. The van der Waals surface area contributed by atoms with Crippen LogP contribution in [0, 0.1) is 11.8 Å². The molecule has 0 aliphatic carbocycles. The Kier molecular flexibility index (Phi) is 5.31. The van der Waals surface area contributed by atoms with Crippen molar-refractivity contribution in [3.05, 3.63) is 24.3 Å². The molecule has 0 saturated carbocycles. The van der Waals surface area contributed by atoms with E-state index < -0.39 is 0 Å². The molecule has 1 amide bonds. The van der Waals surface area contributed by atoms with Crippen LogP contribution in [0.1, 0.15) is 6.42 Å². The summed E-state index contributed by atoms with van der Waals surface area (Å²) in [5, 5.41) is 3.49. The molecule has 2 atom stereocenters. The number of likely N-dealkylation sites (tertiary alicyclic amines) is 1. The molecule has 6 heteroatoms. The van der Waals surface area contributed by atoms with Crippen LogP contribution in [-0.2, 0) is 4.79 Å². The van der Waals surface area contributed by atoms with Gasteiger partial charge in [-0.25, -0.2) is 0 Å². The average Bonchev–Trinajstić information content (AvgIpc) is 3.10.